The van der Waals surface area contributed by atoms with Gasteiger partial charge in [0.05, 0.1) is 22.4 Å². The number of anilines is 1. The molecule has 1 fully saturated rings. The first kappa shape index (κ1) is 13.0. The summed E-state index contributed by atoms with van der Waals surface area (Å²) in [5.74, 6) is 0.315. The van der Waals surface area contributed by atoms with Crippen LogP contribution in [0.1, 0.15) is 37.1 Å². The van der Waals surface area contributed by atoms with Gasteiger partial charge < -0.3 is 5.32 Å². The summed E-state index contributed by atoms with van der Waals surface area (Å²) in [4.78, 5) is 21.1. The number of fused-ring (bicyclic) bond motifs is 1. The largest absolute Gasteiger partial charge is 0.326 e. The Morgan fingerprint density at radius 2 is 1.75 bits per heavy atom. The van der Waals surface area contributed by atoms with E-state index in [-0.39, 0.29) is 11.8 Å². The molecule has 1 aromatic heterocycles. The quantitative estimate of drug-likeness (QED) is 0.909. The molecule has 0 aliphatic heterocycles. The lowest BCUT2D eigenvalue weighted by Gasteiger charge is -2.11. The van der Waals surface area contributed by atoms with Gasteiger partial charge in [-0.3, -0.25) is 4.79 Å². The van der Waals surface area contributed by atoms with Gasteiger partial charge in [-0.15, -0.1) is 0 Å². The highest BCUT2D eigenvalue weighted by molar-refractivity contribution is 5.94. The maximum absolute atomic E-state index is 12.1. The zero-order valence-corrected chi connectivity index (χ0v) is 11.9. The fourth-order valence-corrected chi connectivity index (χ4v) is 2.74. The summed E-state index contributed by atoms with van der Waals surface area (Å²) >= 11 is 0. The number of nitrogens with zero attached hydrogens (tertiary/aromatic N) is 2. The molecule has 4 heteroatoms. The van der Waals surface area contributed by atoms with E-state index in [1.807, 2.05) is 32.0 Å². The molecule has 2 aromatic rings. The predicted octanol–water partition coefficient (Wildman–Crippen LogP) is 3.38. The summed E-state index contributed by atoms with van der Waals surface area (Å²) in [6.07, 6.45) is 4.36. The molecule has 0 atom stereocenters. The zero-order chi connectivity index (χ0) is 14.1. The molecule has 1 aliphatic carbocycles. The number of rotatable bonds is 2. The van der Waals surface area contributed by atoms with Crippen molar-refractivity contribution in [3.05, 3.63) is 29.6 Å². The van der Waals surface area contributed by atoms with Gasteiger partial charge in [0.1, 0.15) is 0 Å². The first-order valence-electron chi connectivity index (χ1n) is 7.19. The van der Waals surface area contributed by atoms with E-state index in [1.165, 1.54) is 12.8 Å². The zero-order valence-electron chi connectivity index (χ0n) is 11.9. The Morgan fingerprint density at radius 3 is 2.45 bits per heavy atom. The normalized spacial score (nSPS) is 15.7. The van der Waals surface area contributed by atoms with Crippen molar-refractivity contribution in [3.63, 3.8) is 0 Å². The average molecular weight is 269 g/mol. The van der Waals surface area contributed by atoms with Crippen LogP contribution in [0.25, 0.3) is 11.0 Å². The van der Waals surface area contributed by atoms with Crippen molar-refractivity contribution < 1.29 is 4.79 Å². The van der Waals surface area contributed by atoms with Crippen molar-refractivity contribution in [2.75, 3.05) is 5.32 Å². The van der Waals surface area contributed by atoms with Crippen molar-refractivity contribution in [2.24, 2.45) is 5.92 Å². The number of hydrogen-bond acceptors (Lipinski definition) is 3. The van der Waals surface area contributed by atoms with Crippen LogP contribution in [-0.4, -0.2) is 15.9 Å². The van der Waals surface area contributed by atoms with Crippen LogP contribution in [-0.2, 0) is 4.79 Å². The van der Waals surface area contributed by atoms with Crippen molar-refractivity contribution >= 4 is 22.6 Å². The number of benzene rings is 1. The van der Waals surface area contributed by atoms with E-state index in [9.17, 15) is 4.79 Å². The molecule has 0 radical (unpaired) electrons. The molecular formula is C16H19N3O. The van der Waals surface area contributed by atoms with Gasteiger partial charge in [0, 0.05) is 11.6 Å². The number of hydrogen-bond donors (Lipinski definition) is 1. The predicted molar refractivity (Wildman–Crippen MR) is 79.6 cm³/mol. The van der Waals surface area contributed by atoms with Crippen molar-refractivity contribution in [2.45, 2.75) is 39.5 Å². The molecule has 0 bridgehead atoms. The molecule has 4 nitrogen and oxygen atoms in total. The molecule has 1 aromatic carbocycles. The van der Waals surface area contributed by atoms with Gasteiger partial charge in [0.15, 0.2) is 0 Å². The molecule has 1 N–H and O–H groups in total. The fourth-order valence-electron chi connectivity index (χ4n) is 2.74. The highest BCUT2D eigenvalue weighted by Crippen LogP contribution is 2.26. The molecule has 3 rings (SSSR count). The lowest BCUT2D eigenvalue weighted by Crippen LogP contribution is -2.20. The van der Waals surface area contributed by atoms with E-state index in [0.717, 1.165) is 41.0 Å². The van der Waals surface area contributed by atoms with E-state index in [4.69, 9.17) is 0 Å². The molecular weight excluding hydrogens is 250 g/mol. The number of amides is 1. The lowest BCUT2D eigenvalue weighted by molar-refractivity contribution is -0.119. The SMILES string of the molecule is Cc1nc2ccc(NC(=O)C3CCCC3)cc2nc1C. The van der Waals surface area contributed by atoms with Crippen LogP contribution in [0.4, 0.5) is 5.69 Å². The van der Waals surface area contributed by atoms with E-state index in [2.05, 4.69) is 15.3 Å². The van der Waals surface area contributed by atoms with E-state index < -0.39 is 0 Å². The summed E-state index contributed by atoms with van der Waals surface area (Å²) in [5.41, 5.74) is 4.38. The van der Waals surface area contributed by atoms with Crippen LogP contribution in [0.2, 0.25) is 0 Å². The van der Waals surface area contributed by atoms with Crippen LogP contribution < -0.4 is 5.32 Å². The molecule has 20 heavy (non-hydrogen) atoms. The molecule has 1 aliphatic rings. The summed E-state index contributed by atoms with van der Waals surface area (Å²) in [6.45, 7) is 3.91. The Bertz CT molecular complexity index is 660. The molecule has 0 unspecified atom stereocenters. The summed E-state index contributed by atoms with van der Waals surface area (Å²) < 4.78 is 0. The Morgan fingerprint density at radius 1 is 1.10 bits per heavy atom. The van der Waals surface area contributed by atoms with E-state index >= 15 is 0 Å². The highest BCUT2D eigenvalue weighted by atomic mass is 16.1. The average Bonchev–Trinajstić information content (AvgIpc) is 2.94. The molecule has 104 valence electrons. The number of carbonyl (C=O) groups excluding carboxylic acids is 1. The summed E-state index contributed by atoms with van der Waals surface area (Å²) in [5, 5.41) is 3.00. The minimum absolute atomic E-state index is 0.138. The first-order valence-corrected chi connectivity index (χ1v) is 7.19. The highest BCUT2D eigenvalue weighted by Gasteiger charge is 2.22. The Labute approximate surface area is 118 Å². The first-order chi connectivity index (χ1) is 9.63. The number of aromatic nitrogens is 2. The van der Waals surface area contributed by atoms with Gasteiger partial charge in [-0.25, -0.2) is 9.97 Å². The minimum atomic E-state index is 0.138. The van der Waals surface area contributed by atoms with Crippen molar-refractivity contribution in [1.82, 2.24) is 9.97 Å². The van der Waals surface area contributed by atoms with Gasteiger partial charge in [-0.05, 0) is 44.9 Å². The Balaban J connectivity index is 1.85. The molecule has 0 spiro atoms. The second-order valence-electron chi connectivity index (χ2n) is 5.57. The summed E-state index contributed by atoms with van der Waals surface area (Å²) in [6, 6.07) is 5.72. The Hall–Kier alpha value is -1.97. The van der Waals surface area contributed by atoms with Crippen LogP contribution in [0.3, 0.4) is 0 Å². The van der Waals surface area contributed by atoms with Gasteiger partial charge in [-0.2, -0.15) is 0 Å². The van der Waals surface area contributed by atoms with E-state index in [0.29, 0.717) is 0 Å². The van der Waals surface area contributed by atoms with Gasteiger partial charge in [0.25, 0.3) is 0 Å². The van der Waals surface area contributed by atoms with Crippen LogP contribution in [0, 0.1) is 19.8 Å². The number of carbonyl (C=O) groups is 1. The smallest absolute Gasteiger partial charge is 0.227 e. The molecule has 1 amide bonds. The van der Waals surface area contributed by atoms with Gasteiger partial charge >= 0.3 is 0 Å². The second kappa shape index (κ2) is 5.19. The third-order valence-corrected chi connectivity index (χ3v) is 4.07. The monoisotopic (exact) mass is 269 g/mol. The van der Waals surface area contributed by atoms with Crippen LogP contribution >= 0.6 is 0 Å². The second-order valence-corrected chi connectivity index (χ2v) is 5.57. The maximum Gasteiger partial charge on any atom is 0.227 e. The number of nitrogens with one attached hydrogen (secondary N) is 1. The van der Waals surface area contributed by atoms with Gasteiger partial charge in [0.2, 0.25) is 5.91 Å². The molecule has 1 saturated carbocycles. The minimum Gasteiger partial charge on any atom is -0.326 e. The standard InChI is InChI=1S/C16H19N3O/c1-10-11(2)18-15-9-13(7-8-14(15)17-10)19-16(20)12-5-3-4-6-12/h7-9,12H,3-6H2,1-2H3,(H,19,20). The lowest BCUT2D eigenvalue weighted by atomic mass is 10.1. The van der Waals surface area contributed by atoms with Gasteiger partial charge in [-0.1, -0.05) is 12.8 Å². The van der Waals surface area contributed by atoms with Crippen molar-refractivity contribution in [3.8, 4) is 0 Å². The molecule has 1 heterocycles. The Kier molecular flexibility index (Phi) is 3.38. The van der Waals surface area contributed by atoms with Crippen LogP contribution in [0.15, 0.2) is 18.2 Å². The van der Waals surface area contributed by atoms with Crippen LogP contribution in [0.5, 0.6) is 0 Å². The maximum atomic E-state index is 12.1. The number of aryl methyl sites for hydroxylation is 2. The molecule has 0 saturated heterocycles. The van der Waals surface area contributed by atoms with E-state index in [1.54, 1.807) is 0 Å². The third-order valence-electron chi connectivity index (χ3n) is 4.07. The third kappa shape index (κ3) is 2.50. The van der Waals surface area contributed by atoms with Crippen molar-refractivity contribution in [1.29, 1.82) is 0 Å². The fraction of sp³-hybridized carbons (Fsp3) is 0.438. The summed E-state index contributed by atoms with van der Waals surface area (Å²) in [7, 11) is 0. The topological polar surface area (TPSA) is 54.9 Å².